The third-order valence-corrected chi connectivity index (χ3v) is 3.28. The standard InChI is InChI=1S/C12H13FN2O5/c1-12(18)2-3-14(6-12)9-5-8(13)7(11(16)17)4-10(9)15(19)20/h4-5,18H,2-3,6H2,1H3,(H,16,17). The van der Waals surface area contributed by atoms with Gasteiger partial charge in [0.05, 0.1) is 10.5 Å². The first-order chi connectivity index (χ1) is 9.21. The lowest BCUT2D eigenvalue weighted by Crippen LogP contribution is -2.30. The molecule has 1 aromatic carbocycles. The van der Waals surface area contributed by atoms with Gasteiger partial charge in [0.1, 0.15) is 17.1 Å². The first kappa shape index (κ1) is 14.2. The van der Waals surface area contributed by atoms with E-state index in [9.17, 15) is 24.4 Å². The zero-order valence-electron chi connectivity index (χ0n) is 10.7. The van der Waals surface area contributed by atoms with Gasteiger partial charge in [-0.05, 0) is 13.3 Å². The van der Waals surface area contributed by atoms with Crippen molar-refractivity contribution >= 4 is 17.3 Å². The molecule has 2 N–H and O–H groups in total. The van der Waals surface area contributed by atoms with Gasteiger partial charge >= 0.3 is 5.97 Å². The highest BCUT2D eigenvalue weighted by molar-refractivity contribution is 5.90. The molecule has 8 heteroatoms. The number of nitro benzene ring substituents is 1. The molecule has 0 aromatic heterocycles. The van der Waals surface area contributed by atoms with Crippen molar-refractivity contribution < 1.29 is 24.3 Å². The molecule has 0 bridgehead atoms. The molecule has 0 amide bonds. The Balaban J connectivity index is 2.50. The molecule has 0 radical (unpaired) electrons. The monoisotopic (exact) mass is 284 g/mol. The minimum Gasteiger partial charge on any atom is -0.478 e. The van der Waals surface area contributed by atoms with Gasteiger partial charge in [-0.1, -0.05) is 0 Å². The summed E-state index contributed by atoms with van der Waals surface area (Å²) in [7, 11) is 0. The number of hydrogen-bond acceptors (Lipinski definition) is 5. The zero-order chi connectivity index (χ0) is 15.1. The normalized spacial score (nSPS) is 22.1. The minimum atomic E-state index is -1.56. The molecule has 1 aliphatic rings. The number of carbonyl (C=O) groups is 1. The molecule has 0 saturated carbocycles. The molecular formula is C12H13FN2O5. The molecule has 1 heterocycles. The van der Waals surface area contributed by atoms with E-state index in [-0.39, 0.29) is 12.2 Å². The van der Waals surface area contributed by atoms with Crippen LogP contribution in [0.3, 0.4) is 0 Å². The van der Waals surface area contributed by atoms with E-state index in [1.54, 1.807) is 6.92 Å². The fourth-order valence-corrected chi connectivity index (χ4v) is 2.27. The van der Waals surface area contributed by atoms with Gasteiger partial charge in [-0.15, -0.1) is 0 Å². The van der Waals surface area contributed by atoms with Crippen molar-refractivity contribution in [2.24, 2.45) is 0 Å². The molecule has 2 rings (SSSR count). The van der Waals surface area contributed by atoms with Gasteiger partial charge in [0, 0.05) is 25.2 Å². The van der Waals surface area contributed by atoms with Crippen LogP contribution in [0, 0.1) is 15.9 Å². The van der Waals surface area contributed by atoms with Crippen molar-refractivity contribution in [2.75, 3.05) is 18.0 Å². The van der Waals surface area contributed by atoms with Crippen molar-refractivity contribution in [2.45, 2.75) is 18.9 Å². The number of rotatable bonds is 3. The molecule has 108 valence electrons. The Morgan fingerprint density at radius 2 is 2.20 bits per heavy atom. The lowest BCUT2D eigenvalue weighted by molar-refractivity contribution is -0.384. The maximum atomic E-state index is 13.7. The summed E-state index contributed by atoms with van der Waals surface area (Å²) in [6, 6.07) is 1.54. The van der Waals surface area contributed by atoms with E-state index in [0.29, 0.717) is 19.0 Å². The maximum absolute atomic E-state index is 13.7. The molecule has 1 saturated heterocycles. The Bertz CT molecular complexity index is 587. The SMILES string of the molecule is CC1(O)CCN(c2cc(F)c(C(=O)O)cc2[N+](=O)[O-])C1. The average Bonchev–Trinajstić information content (AvgIpc) is 2.68. The van der Waals surface area contributed by atoms with E-state index >= 15 is 0 Å². The molecule has 0 aliphatic carbocycles. The Kier molecular flexibility index (Phi) is 3.34. The van der Waals surface area contributed by atoms with Gasteiger partial charge in [-0.3, -0.25) is 10.1 Å². The summed E-state index contributed by atoms with van der Waals surface area (Å²) in [4.78, 5) is 22.6. The highest BCUT2D eigenvalue weighted by atomic mass is 19.1. The summed E-state index contributed by atoms with van der Waals surface area (Å²) in [5.41, 5.74) is -2.25. The summed E-state index contributed by atoms with van der Waals surface area (Å²) in [6.45, 7) is 2.04. The molecule has 1 fully saturated rings. The van der Waals surface area contributed by atoms with Crippen LogP contribution < -0.4 is 4.90 Å². The van der Waals surface area contributed by atoms with Crippen molar-refractivity contribution in [3.05, 3.63) is 33.6 Å². The van der Waals surface area contributed by atoms with E-state index in [2.05, 4.69) is 0 Å². The van der Waals surface area contributed by atoms with Crippen molar-refractivity contribution in [3.63, 3.8) is 0 Å². The van der Waals surface area contributed by atoms with Crippen molar-refractivity contribution in [3.8, 4) is 0 Å². The van der Waals surface area contributed by atoms with Crippen LogP contribution in [-0.2, 0) is 0 Å². The van der Waals surface area contributed by atoms with Crippen molar-refractivity contribution in [1.29, 1.82) is 0 Å². The van der Waals surface area contributed by atoms with Gasteiger partial charge < -0.3 is 15.1 Å². The van der Waals surface area contributed by atoms with Crippen LogP contribution in [0.2, 0.25) is 0 Å². The summed E-state index contributed by atoms with van der Waals surface area (Å²) >= 11 is 0. The number of nitro groups is 1. The lowest BCUT2D eigenvalue weighted by atomic mass is 10.1. The summed E-state index contributed by atoms with van der Waals surface area (Å²) in [5.74, 6) is -2.60. The van der Waals surface area contributed by atoms with Gasteiger partial charge in [0.25, 0.3) is 5.69 Å². The third-order valence-electron chi connectivity index (χ3n) is 3.28. The first-order valence-corrected chi connectivity index (χ1v) is 5.90. The molecular weight excluding hydrogens is 271 g/mol. The Morgan fingerprint density at radius 3 is 2.65 bits per heavy atom. The zero-order valence-corrected chi connectivity index (χ0v) is 10.7. The molecule has 1 atom stereocenters. The third kappa shape index (κ3) is 2.55. The van der Waals surface area contributed by atoms with Crippen LogP contribution in [0.15, 0.2) is 12.1 Å². The van der Waals surface area contributed by atoms with Crippen molar-refractivity contribution in [1.82, 2.24) is 0 Å². The second-order valence-corrected chi connectivity index (χ2v) is 5.05. The van der Waals surface area contributed by atoms with Gasteiger partial charge in [-0.2, -0.15) is 0 Å². The first-order valence-electron chi connectivity index (χ1n) is 5.90. The van der Waals surface area contributed by atoms with Gasteiger partial charge in [0.2, 0.25) is 0 Å². The van der Waals surface area contributed by atoms with Crippen LogP contribution in [0.5, 0.6) is 0 Å². The van der Waals surface area contributed by atoms with E-state index in [4.69, 9.17) is 5.11 Å². The highest BCUT2D eigenvalue weighted by Gasteiger charge is 2.35. The number of hydrogen-bond donors (Lipinski definition) is 2. The second-order valence-electron chi connectivity index (χ2n) is 5.05. The predicted octanol–water partition coefficient (Wildman–Crippen LogP) is 1.39. The number of carboxylic acid groups (broad SMARTS) is 1. The topological polar surface area (TPSA) is 104 Å². The molecule has 20 heavy (non-hydrogen) atoms. The van der Waals surface area contributed by atoms with E-state index in [1.165, 1.54) is 4.90 Å². The number of aromatic carboxylic acids is 1. The fraction of sp³-hybridized carbons (Fsp3) is 0.417. The number of aliphatic hydroxyl groups is 1. The number of anilines is 1. The van der Waals surface area contributed by atoms with Crippen LogP contribution in [0.25, 0.3) is 0 Å². The van der Waals surface area contributed by atoms with Gasteiger partial charge in [0.15, 0.2) is 0 Å². The average molecular weight is 284 g/mol. The number of benzene rings is 1. The molecule has 1 unspecified atom stereocenters. The Labute approximate surface area is 113 Å². The summed E-state index contributed by atoms with van der Waals surface area (Å²) in [6.07, 6.45) is 0.395. The Hall–Kier alpha value is -2.22. The summed E-state index contributed by atoms with van der Waals surface area (Å²) < 4.78 is 13.7. The Morgan fingerprint density at radius 1 is 1.55 bits per heavy atom. The predicted molar refractivity (Wildman–Crippen MR) is 67.5 cm³/mol. The molecule has 0 spiro atoms. The van der Waals surface area contributed by atoms with Crippen LogP contribution >= 0.6 is 0 Å². The molecule has 7 nitrogen and oxygen atoms in total. The number of halogens is 1. The highest BCUT2D eigenvalue weighted by Crippen LogP contribution is 2.35. The smallest absolute Gasteiger partial charge is 0.338 e. The fourth-order valence-electron chi connectivity index (χ4n) is 2.27. The van der Waals surface area contributed by atoms with E-state index in [1.807, 2.05) is 0 Å². The minimum absolute atomic E-state index is 0.0183. The molecule has 1 aliphatic heterocycles. The van der Waals surface area contributed by atoms with Crippen LogP contribution in [0.1, 0.15) is 23.7 Å². The maximum Gasteiger partial charge on any atom is 0.338 e. The number of nitrogens with zero attached hydrogens (tertiary/aromatic N) is 2. The second kappa shape index (κ2) is 4.71. The van der Waals surface area contributed by atoms with E-state index in [0.717, 1.165) is 6.07 Å². The van der Waals surface area contributed by atoms with Gasteiger partial charge in [-0.25, -0.2) is 9.18 Å². The van der Waals surface area contributed by atoms with E-state index < -0.39 is 33.6 Å². The molecule has 1 aromatic rings. The number of carboxylic acids is 1. The quantitative estimate of drug-likeness (QED) is 0.642. The van der Waals surface area contributed by atoms with Crippen LogP contribution in [0.4, 0.5) is 15.8 Å². The largest absolute Gasteiger partial charge is 0.478 e. The lowest BCUT2D eigenvalue weighted by Gasteiger charge is -2.21. The summed E-state index contributed by atoms with van der Waals surface area (Å²) in [5, 5.41) is 29.7. The number of β-amino-alcohol motifs (C(OH)–C–C–N with tert-alkyl or cyclic N) is 1. The van der Waals surface area contributed by atoms with Crippen LogP contribution in [-0.4, -0.2) is 39.8 Å².